The quantitative estimate of drug-likeness (QED) is 0.378. The molecule has 2 aromatic carbocycles. The van der Waals surface area contributed by atoms with Gasteiger partial charge in [-0.25, -0.2) is 4.79 Å². The zero-order valence-electron chi connectivity index (χ0n) is 21.8. The van der Waals surface area contributed by atoms with Gasteiger partial charge in [-0.3, -0.25) is 19.4 Å². The van der Waals surface area contributed by atoms with E-state index in [0.29, 0.717) is 12.8 Å². The van der Waals surface area contributed by atoms with Gasteiger partial charge in [-0.05, 0) is 35.1 Å². The highest BCUT2D eigenvalue weighted by Gasteiger charge is 2.37. The number of hydrogen-bond donors (Lipinski definition) is 0. The summed E-state index contributed by atoms with van der Waals surface area (Å²) in [4.78, 5) is 39.7. The highest BCUT2D eigenvalue weighted by Crippen LogP contribution is 2.21. The SMILES string of the molecule is C=C(CCN1C(=O)CC(=O)N(CCC(=C)c2ccccc2)C1=O)c1ccccc1.CCC.CCC. The van der Waals surface area contributed by atoms with Crippen molar-refractivity contribution in [2.24, 2.45) is 0 Å². The Morgan fingerprint density at radius 1 is 0.657 bits per heavy atom. The molecule has 1 heterocycles. The topological polar surface area (TPSA) is 57.7 Å². The summed E-state index contributed by atoms with van der Waals surface area (Å²) in [6, 6.07) is 18.7. The van der Waals surface area contributed by atoms with Crippen molar-refractivity contribution in [1.82, 2.24) is 9.80 Å². The van der Waals surface area contributed by atoms with Gasteiger partial charge >= 0.3 is 6.03 Å². The Balaban J connectivity index is 0.000000926. The van der Waals surface area contributed by atoms with Crippen LogP contribution in [0.3, 0.4) is 0 Å². The summed E-state index contributed by atoms with van der Waals surface area (Å²) in [7, 11) is 0. The van der Waals surface area contributed by atoms with Crippen molar-refractivity contribution in [3.63, 3.8) is 0 Å². The lowest BCUT2D eigenvalue weighted by Crippen LogP contribution is -2.55. The summed E-state index contributed by atoms with van der Waals surface area (Å²) in [5.41, 5.74) is 3.62. The van der Waals surface area contributed by atoms with E-state index in [1.807, 2.05) is 60.7 Å². The first-order chi connectivity index (χ1) is 16.8. The first-order valence-corrected chi connectivity index (χ1v) is 12.4. The minimum atomic E-state index is -0.562. The molecular formula is C30H40N2O3. The lowest BCUT2D eigenvalue weighted by molar-refractivity contribution is -0.142. The zero-order valence-corrected chi connectivity index (χ0v) is 21.8. The number of imide groups is 2. The molecule has 0 aromatic heterocycles. The predicted molar refractivity (Wildman–Crippen MR) is 146 cm³/mol. The van der Waals surface area contributed by atoms with Gasteiger partial charge in [-0.2, -0.15) is 0 Å². The first-order valence-electron chi connectivity index (χ1n) is 12.4. The van der Waals surface area contributed by atoms with Crippen molar-refractivity contribution in [3.8, 4) is 0 Å². The van der Waals surface area contributed by atoms with Crippen molar-refractivity contribution >= 4 is 29.0 Å². The molecule has 35 heavy (non-hydrogen) atoms. The van der Waals surface area contributed by atoms with Crippen molar-refractivity contribution < 1.29 is 14.4 Å². The lowest BCUT2D eigenvalue weighted by Gasteiger charge is -2.33. The Hall–Kier alpha value is -3.47. The third-order valence-electron chi connectivity index (χ3n) is 5.00. The van der Waals surface area contributed by atoms with Crippen molar-refractivity contribution in [2.45, 2.75) is 59.8 Å². The van der Waals surface area contributed by atoms with Gasteiger partial charge in [0.25, 0.3) is 0 Å². The van der Waals surface area contributed by atoms with Gasteiger partial charge in [0.2, 0.25) is 11.8 Å². The molecule has 5 nitrogen and oxygen atoms in total. The molecular weight excluding hydrogens is 436 g/mol. The molecule has 1 aliphatic rings. The molecule has 1 fully saturated rings. The third kappa shape index (κ3) is 9.73. The predicted octanol–water partition coefficient (Wildman–Crippen LogP) is 7.21. The molecule has 0 bridgehead atoms. The molecule has 0 spiro atoms. The van der Waals surface area contributed by atoms with Gasteiger partial charge in [0, 0.05) is 13.1 Å². The van der Waals surface area contributed by atoms with E-state index in [1.165, 1.54) is 12.8 Å². The number of urea groups is 1. The fourth-order valence-electron chi connectivity index (χ4n) is 3.25. The van der Waals surface area contributed by atoms with E-state index in [-0.39, 0.29) is 19.5 Å². The zero-order chi connectivity index (χ0) is 26.2. The maximum absolute atomic E-state index is 12.8. The molecule has 1 aliphatic heterocycles. The van der Waals surface area contributed by atoms with Crippen LogP contribution in [-0.4, -0.2) is 40.7 Å². The van der Waals surface area contributed by atoms with E-state index in [2.05, 4.69) is 40.9 Å². The van der Waals surface area contributed by atoms with E-state index in [9.17, 15) is 14.4 Å². The molecule has 188 valence electrons. The maximum atomic E-state index is 12.8. The van der Waals surface area contributed by atoms with Crippen LogP contribution in [0.2, 0.25) is 0 Å². The van der Waals surface area contributed by atoms with Gasteiger partial charge < -0.3 is 0 Å². The number of benzene rings is 2. The lowest BCUT2D eigenvalue weighted by atomic mass is 10.0. The van der Waals surface area contributed by atoms with Gasteiger partial charge in [-0.15, -0.1) is 0 Å². The third-order valence-corrected chi connectivity index (χ3v) is 5.00. The summed E-state index contributed by atoms with van der Waals surface area (Å²) in [6.07, 6.45) is 3.13. The molecule has 0 radical (unpaired) electrons. The molecule has 0 saturated carbocycles. The Kier molecular flexibility index (Phi) is 13.7. The Morgan fingerprint density at radius 2 is 0.971 bits per heavy atom. The van der Waals surface area contributed by atoms with E-state index >= 15 is 0 Å². The average molecular weight is 477 g/mol. The van der Waals surface area contributed by atoms with Crippen molar-refractivity contribution in [3.05, 3.63) is 84.9 Å². The summed E-state index contributed by atoms with van der Waals surface area (Å²) in [5.74, 6) is -0.919. The van der Waals surface area contributed by atoms with Crippen LogP contribution < -0.4 is 0 Å². The molecule has 0 N–H and O–H groups in total. The van der Waals surface area contributed by atoms with Gasteiger partial charge in [0.1, 0.15) is 6.42 Å². The fraction of sp³-hybridized carbons (Fsp3) is 0.367. The number of carbonyl (C=O) groups excluding carboxylic acids is 3. The van der Waals surface area contributed by atoms with Gasteiger partial charge in [0.05, 0.1) is 0 Å². The number of hydrogen-bond acceptors (Lipinski definition) is 3. The maximum Gasteiger partial charge on any atom is 0.333 e. The average Bonchev–Trinajstić information content (AvgIpc) is 2.85. The Morgan fingerprint density at radius 3 is 1.29 bits per heavy atom. The summed E-state index contributed by atoms with van der Waals surface area (Å²) < 4.78 is 0. The molecule has 3 rings (SSSR count). The standard InChI is InChI=1S/C24H24N2O3.2C3H8/c1-18(20-9-5-3-6-10-20)13-15-25-22(27)17-23(28)26(24(25)29)16-14-19(2)21-11-7-4-8-12-21;2*1-3-2/h3-12H,1-2,13-17H2;2*3H2,1-2H3. The largest absolute Gasteiger partial charge is 0.333 e. The van der Waals surface area contributed by atoms with Crippen LogP contribution in [0.15, 0.2) is 73.8 Å². The molecule has 0 atom stereocenters. The number of nitrogens with zero attached hydrogens (tertiary/aromatic N) is 2. The van der Waals surface area contributed by atoms with Crippen LogP contribution in [-0.2, 0) is 9.59 Å². The van der Waals surface area contributed by atoms with Crippen LogP contribution in [0.4, 0.5) is 4.79 Å². The second-order valence-electron chi connectivity index (χ2n) is 8.40. The van der Waals surface area contributed by atoms with Crippen LogP contribution in [0.1, 0.15) is 70.9 Å². The first kappa shape index (κ1) is 29.6. The molecule has 1 saturated heterocycles. The Labute approximate surface area is 211 Å². The highest BCUT2D eigenvalue weighted by atomic mass is 16.2. The minimum Gasteiger partial charge on any atom is -0.274 e. The van der Waals surface area contributed by atoms with Crippen molar-refractivity contribution in [1.29, 1.82) is 0 Å². The number of amides is 4. The number of rotatable bonds is 8. The van der Waals surface area contributed by atoms with Crippen molar-refractivity contribution in [2.75, 3.05) is 13.1 Å². The Bertz CT molecular complexity index is 890. The second kappa shape index (κ2) is 16.2. The van der Waals surface area contributed by atoms with E-state index < -0.39 is 17.8 Å². The van der Waals surface area contributed by atoms with Gasteiger partial charge in [0.15, 0.2) is 0 Å². The monoisotopic (exact) mass is 476 g/mol. The van der Waals surface area contributed by atoms with E-state index in [1.54, 1.807) is 0 Å². The van der Waals surface area contributed by atoms with Crippen LogP contribution in [0, 0.1) is 0 Å². The molecule has 0 unspecified atom stereocenters. The number of barbiturate groups is 1. The molecule has 4 amide bonds. The molecule has 2 aromatic rings. The van der Waals surface area contributed by atoms with Crippen LogP contribution in [0.25, 0.3) is 11.1 Å². The number of carbonyl (C=O) groups is 3. The minimum absolute atomic E-state index is 0.203. The van der Waals surface area contributed by atoms with Gasteiger partial charge in [-0.1, -0.05) is 114 Å². The normalized spacial score (nSPS) is 12.9. The highest BCUT2D eigenvalue weighted by molar-refractivity contribution is 6.14. The smallest absolute Gasteiger partial charge is 0.274 e. The second-order valence-corrected chi connectivity index (χ2v) is 8.40. The molecule has 5 heteroatoms. The van der Waals surface area contributed by atoms with E-state index in [0.717, 1.165) is 32.1 Å². The van der Waals surface area contributed by atoms with Crippen LogP contribution in [0.5, 0.6) is 0 Å². The summed E-state index contributed by atoms with van der Waals surface area (Å²) in [5, 5.41) is 0. The van der Waals surface area contributed by atoms with E-state index in [4.69, 9.17) is 0 Å². The van der Waals surface area contributed by atoms with Crippen LogP contribution >= 0.6 is 0 Å². The fourth-order valence-corrected chi connectivity index (χ4v) is 3.25. The summed E-state index contributed by atoms with van der Waals surface area (Å²) >= 11 is 0. The molecule has 0 aliphatic carbocycles. The summed E-state index contributed by atoms with van der Waals surface area (Å²) in [6.45, 7) is 17.0.